The summed E-state index contributed by atoms with van der Waals surface area (Å²) in [5.74, 6) is 0.211. The fourth-order valence-electron chi connectivity index (χ4n) is 2.26. The van der Waals surface area contributed by atoms with Gasteiger partial charge in [-0.3, -0.25) is 4.79 Å². The maximum atomic E-state index is 11.6. The third-order valence-corrected chi connectivity index (χ3v) is 3.54. The molecule has 4 heteroatoms. The third kappa shape index (κ3) is 5.50. The van der Waals surface area contributed by atoms with Crippen molar-refractivity contribution in [1.29, 1.82) is 0 Å². The minimum absolute atomic E-state index is 0.211. The number of nitrogens with one attached hydrogen (secondary N) is 2. The van der Waals surface area contributed by atoms with Gasteiger partial charge < -0.3 is 15.5 Å². The van der Waals surface area contributed by atoms with E-state index < -0.39 is 0 Å². The van der Waals surface area contributed by atoms with Gasteiger partial charge in [-0.2, -0.15) is 0 Å². The van der Waals surface area contributed by atoms with Crippen molar-refractivity contribution in [3.63, 3.8) is 0 Å². The average molecular weight is 239 g/mol. The first-order valence-electron chi connectivity index (χ1n) is 7.07. The Kier molecular flexibility index (Phi) is 5.26. The van der Waals surface area contributed by atoms with Crippen molar-refractivity contribution in [2.45, 2.75) is 44.6 Å². The number of carbonyl (C=O) groups excluding carboxylic acids is 1. The molecule has 0 aromatic carbocycles. The van der Waals surface area contributed by atoms with Crippen LogP contribution in [0.25, 0.3) is 0 Å². The first-order chi connectivity index (χ1) is 8.34. The molecular formula is C13H25N3O. The fourth-order valence-corrected chi connectivity index (χ4v) is 2.26. The van der Waals surface area contributed by atoms with Crippen molar-refractivity contribution < 1.29 is 4.79 Å². The van der Waals surface area contributed by atoms with E-state index >= 15 is 0 Å². The Morgan fingerprint density at radius 3 is 2.65 bits per heavy atom. The van der Waals surface area contributed by atoms with Gasteiger partial charge in [0.2, 0.25) is 5.91 Å². The van der Waals surface area contributed by atoms with Crippen LogP contribution in [0.4, 0.5) is 0 Å². The zero-order chi connectivity index (χ0) is 11.9. The van der Waals surface area contributed by atoms with Crippen LogP contribution in [0.1, 0.15) is 38.5 Å². The molecule has 2 aliphatic rings. The van der Waals surface area contributed by atoms with Crippen LogP contribution in [-0.2, 0) is 4.79 Å². The van der Waals surface area contributed by atoms with Crippen molar-refractivity contribution in [3.05, 3.63) is 0 Å². The average Bonchev–Trinajstić information content (AvgIpc) is 3.00. The molecule has 17 heavy (non-hydrogen) atoms. The topological polar surface area (TPSA) is 44.4 Å². The first kappa shape index (κ1) is 12.8. The van der Waals surface area contributed by atoms with Gasteiger partial charge in [0.05, 0.1) is 0 Å². The third-order valence-electron chi connectivity index (χ3n) is 3.54. The molecule has 2 rings (SSSR count). The van der Waals surface area contributed by atoms with Crippen molar-refractivity contribution in [2.75, 3.05) is 32.7 Å². The highest BCUT2D eigenvalue weighted by atomic mass is 16.1. The Balaban J connectivity index is 1.40. The molecule has 1 amide bonds. The number of rotatable bonds is 8. The van der Waals surface area contributed by atoms with E-state index in [0.717, 1.165) is 32.1 Å². The number of carbonyl (C=O) groups is 1. The van der Waals surface area contributed by atoms with E-state index in [0.29, 0.717) is 6.42 Å². The zero-order valence-electron chi connectivity index (χ0n) is 10.7. The van der Waals surface area contributed by atoms with Gasteiger partial charge in [-0.1, -0.05) is 0 Å². The second kappa shape index (κ2) is 6.97. The van der Waals surface area contributed by atoms with Gasteiger partial charge in [-0.25, -0.2) is 0 Å². The monoisotopic (exact) mass is 239 g/mol. The Morgan fingerprint density at radius 2 is 1.94 bits per heavy atom. The van der Waals surface area contributed by atoms with Crippen molar-refractivity contribution >= 4 is 5.91 Å². The molecule has 1 saturated carbocycles. The van der Waals surface area contributed by atoms with Crippen LogP contribution in [0, 0.1) is 0 Å². The summed E-state index contributed by atoms with van der Waals surface area (Å²) >= 11 is 0. The zero-order valence-corrected chi connectivity index (χ0v) is 10.7. The standard InChI is InChI=1S/C13H25N3O/c17-13(6-11-16-9-1-2-10-16)15-8-3-7-14-12-4-5-12/h12,14H,1-11H2,(H,15,17). The largest absolute Gasteiger partial charge is 0.356 e. The molecule has 1 aliphatic carbocycles. The Hall–Kier alpha value is -0.610. The highest BCUT2D eigenvalue weighted by Crippen LogP contribution is 2.18. The SMILES string of the molecule is O=C(CCN1CCCC1)NCCCNC1CC1. The predicted molar refractivity (Wildman–Crippen MR) is 68.9 cm³/mol. The molecule has 0 atom stereocenters. The number of hydrogen-bond donors (Lipinski definition) is 2. The van der Waals surface area contributed by atoms with Gasteiger partial charge in [0, 0.05) is 25.6 Å². The Morgan fingerprint density at radius 1 is 1.18 bits per heavy atom. The molecule has 2 fully saturated rings. The number of likely N-dealkylation sites (tertiary alicyclic amines) is 1. The molecule has 0 aromatic rings. The summed E-state index contributed by atoms with van der Waals surface area (Å²) in [6.07, 6.45) is 6.98. The summed E-state index contributed by atoms with van der Waals surface area (Å²) in [6, 6.07) is 0.779. The van der Waals surface area contributed by atoms with E-state index in [1.54, 1.807) is 0 Å². The lowest BCUT2D eigenvalue weighted by Crippen LogP contribution is -2.31. The lowest BCUT2D eigenvalue weighted by Gasteiger charge is -2.13. The molecule has 1 heterocycles. The molecule has 0 spiro atoms. The summed E-state index contributed by atoms with van der Waals surface area (Å²) in [6.45, 7) is 5.15. The van der Waals surface area contributed by atoms with Gasteiger partial charge in [0.1, 0.15) is 0 Å². The van der Waals surface area contributed by atoms with Crippen molar-refractivity contribution in [3.8, 4) is 0 Å². The highest BCUT2D eigenvalue weighted by molar-refractivity contribution is 5.75. The summed E-state index contributed by atoms with van der Waals surface area (Å²) in [5, 5.41) is 6.44. The minimum Gasteiger partial charge on any atom is -0.356 e. The highest BCUT2D eigenvalue weighted by Gasteiger charge is 2.19. The number of amides is 1. The van der Waals surface area contributed by atoms with E-state index in [1.165, 1.54) is 38.8 Å². The molecule has 0 unspecified atom stereocenters. The summed E-state index contributed by atoms with van der Waals surface area (Å²) in [4.78, 5) is 13.9. The van der Waals surface area contributed by atoms with Crippen LogP contribution < -0.4 is 10.6 Å². The number of nitrogens with zero attached hydrogens (tertiary/aromatic N) is 1. The smallest absolute Gasteiger partial charge is 0.221 e. The molecule has 4 nitrogen and oxygen atoms in total. The summed E-state index contributed by atoms with van der Waals surface area (Å²) in [5.41, 5.74) is 0. The van der Waals surface area contributed by atoms with Crippen LogP contribution in [0.5, 0.6) is 0 Å². The molecule has 0 radical (unpaired) electrons. The van der Waals surface area contributed by atoms with E-state index in [1.807, 2.05) is 0 Å². The van der Waals surface area contributed by atoms with Gasteiger partial charge in [-0.05, 0) is 51.7 Å². The molecule has 1 aliphatic heterocycles. The lowest BCUT2D eigenvalue weighted by atomic mass is 10.3. The van der Waals surface area contributed by atoms with E-state index in [4.69, 9.17) is 0 Å². The van der Waals surface area contributed by atoms with Gasteiger partial charge >= 0.3 is 0 Å². The maximum Gasteiger partial charge on any atom is 0.221 e. The van der Waals surface area contributed by atoms with Crippen molar-refractivity contribution in [2.24, 2.45) is 0 Å². The first-order valence-corrected chi connectivity index (χ1v) is 7.07. The summed E-state index contributed by atoms with van der Waals surface area (Å²) in [7, 11) is 0. The van der Waals surface area contributed by atoms with Gasteiger partial charge in [0.25, 0.3) is 0 Å². The molecular weight excluding hydrogens is 214 g/mol. The van der Waals surface area contributed by atoms with E-state index in [2.05, 4.69) is 15.5 Å². The van der Waals surface area contributed by atoms with Crippen LogP contribution in [0.2, 0.25) is 0 Å². The minimum atomic E-state index is 0.211. The van der Waals surface area contributed by atoms with Gasteiger partial charge in [0.15, 0.2) is 0 Å². The second-order valence-electron chi connectivity index (χ2n) is 5.23. The molecule has 98 valence electrons. The second-order valence-corrected chi connectivity index (χ2v) is 5.23. The predicted octanol–water partition coefficient (Wildman–Crippen LogP) is 0.731. The number of hydrogen-bond acceptors (Lipinski definition) is 3. The molecule has 2 N–H and O–H groups in total. The fraction of sp³-hybridized carbons (Fsp3) is 0.923. The molecule has 0 bridgehead atoms. The van der Waals surface area contributed by atoms with Crippen molar-refractivity contribution in [1.82, 2.24) is 15.5 Å². The molecule has 1 saturated heterocycles. The normalized spacial score (nSPS) is 20.7. The quantitative estimate of drug-likeness (QED) is 0.614. The van der Waals surface area contributed by atoms with E-state index in [-0.39, 0.29) is 5.91 Å². The van der Waals surface area contributed by atoms with E-state index in [9.17, 15) is 4.79 Å². The maximum absolute atomic E-state index is 11.6. The Labute approximate surface area is 104 Å². The van der Waals surface area contributed by atoms with Crippen LogP contribution in [0.15, 0.2) is 0 Å². The van der Waals surface area contributed by atoms with Crippen LogP contribution in [-0.4, -0.2) is 49.6 Å². The molecule has 0 aromatic heterocycles. The lowest BCUT2D eigenvalue weighted by molar-refractivity contribution is -0.121. The van der Waals surface area contributed by atoms with Crippen LogP contribution in [0.3, 0.4) is 0 Å². The summed E-state index contributed by atoms with van der Waals surface area (Å²) < 4.78 is 0. The Bertz CT molecular complexity index is 235. The van der Waals surface area contributed by atoms with Crippen LogP contribution >= 0.6 is 0 Å². The van der Waals surface area contributed by atoms with Gasteiger partial charge in [-0.15, -0.1) is 0 Å².